The van der Waals surface area contributed by atoms with E-state index in [-0.39, 0.29) is 5.92 Å². The van der Waals surface area contributed by atoms with Crippen molar-refractivity contribution in [1.82, 2.24) is 0 Å². The minimum Gasteiger partial charge on any atom is -0.135 e. The van der Waals surface area contributed by atoms with Crippen LogP contribution in [0.4, 0.5) is 0 Å². The molecule has 234 valence electrons. The average Bonchev–Trinajstić information content (AvgIpc) is 3.39. The maximum Gasteiger partial charge on any atom is 0.0433 e. The second-order valence-electron chi connectivity index (χ2n) is 13.2. The summed E-state index contributed by atoms with van der Waals surface area (Å²) in [6.45, 7) is 0. The molecule has 1 aliphatic carbocycles. The fourth-order valence-electron chi connectivity index (χ4n) is 7.98. The molecule has 0 saturated carbocycles. The van der Waals surface area contributed by atoms with Crippen LogP contribution < -0.4 is 0 Å². The van der Waals surface area contributed by atoms with E-state index in [2.05, 4.69) is 188 Å². The molecule has 1 atom stereocenters. The Bertz CT molecular complexity index is 2820. The van der Waals surface area contributed by atoms with E-state index in [1.807, 2.05) is 11.3 Å². The van der Waals surface area contributed by atoms with Gasteiger partial charge in [0.1, 0.15) is 0 Å². The SMILES string of the molecule is C1=CC(c2ccc3ccccc3c2)C=CC(c2c3ccccc3c(-c3cccc(-c4cccc5c4sc4ccccc45)c3)c3ccccc23)=C1. The van der Waals surface area contributed by atoms with Crippen molar-refractivity contribution in [1.29, 1.82) is 0 Å². The molecule has 8 aromatic carbocycles. The highest BCUT2D eigenvalue weighted by molar-refractivity contribution is 7.26. The summed E-state index contributed by atoms with van der Waals surface area (Å²) in [5.41, 5.74) is 8.88. The number of thiophene rings is 1. The number of hydrogen-bond donors (Lipinski definition) is 0. The molecule has 9 aromatic rings. The molecule has 0 saturated heterocycles. The lowest BCUT2D eigenvalue weighted by Crippen LogP contribution is -1.93. The number of hydrogen-bond acceptors (Lipinski definition) is 1. The van der Waals surface area contributed by atoms with E-state index in [4.69, 9.17) is 0 Å². The molecular weight excluding hydrogens is 621 g/mol. The molecule has 1 heterocycles. The van der Waals surface area contributed by atoms with Gasteiger partial charge in [-0.05, 0) is 83.4 Å². The van der Waals surface area contributed by atoms with E-state index in [0.717, 1.165) is 0 Å². The Morgan fingerprint density at radius 2 is 1.08 bits per heavy atom. The van der Waals surface area contributed by atoms with Gasteiger partial charge in [-0.15, -0.1) is 11.3 Å². The van der Waals surface area contributed by atoms with E-state index in [9.17, 15) is 0 Å². The van der Waals surface area contributed by atoms with Gasteiger partial charge in [0.15, 0.2) is 0 Å². The molecule has 0 bridgehead atoms. The first-order valence-electron chi connectivity index (χ1n) is 17.3. The molecule has 1 aromatic heterocycles. The van der Waals surface area contributed by atoms with Crippen LogP contribution in [-0.2, 0) is 0 Å². The van der Waals surface area contributed by atoms with Crippen molar-refractivity contribution in [2.24, 2.45) is 0 Å². The molecule has 0 N–H and O–H groups in total. The minimum absolute atomic E-state index is 0.207. The zero-order valence-corrected chi connectivity index (χ0v) is 28.2. The normalized spacial score (nSPS) is 14.6. The van der Waals surface area contributed by atoms with Crippen LogP contribution in [0.15, 0.2) is 188 Å². The van der Waals surface area contributed by atoms with Gasteiger partial charge in [-0.25, -0.2) is 0 Å². The van der Waals surface area contributed by atoms with Crippen molar-refractivity contribution >= 4 is 69.4 Å². The summed E-state index contributed by atoms with van der Waals surface area (Å²) in [5.74, 6) is 0.207. The number of benzene rings is 8. The van der Waals surface area contributed by atoms with Crippen LogP contribution in [0.3, 0.4) is 0 Å². The van der Waals surface area contributed by atoms with Gasteiger partial charge in [-0.1, -0.05) is 176 Å². The molecule has 0 amide bonds. The van der Waals surface area contributed by atoms with Crippen molar-refractivity contribution < 1.29 is 0 Å². The molecule has 0 nitrogen and oxygen atoms in total. The molecule has 1 heteroatoms. The Labute approximate surface area is 295 Å². The molecule has 1 unspecified atom stereocenters. The van der Waals surface area contributed by atoms with Crippen molar-refractivity contribution in [2.75, 3.05) is 0 Å². The number of allylic oxidation sites excluding steroid dienone is 6. The summed E-state index contributed by atoms with van der Waals surface area (Å²) in [6, 6.07) is 58.0. The predicted octanol–water partition coefficient (Wildman–Crippen LogP) is 14.1. The smallest absolute Gasteiger partial charge is 0.0433 e. The van der Waals surface area contributed by atoms with Gasteiger partial charge in [0.05, 0.1) is 0 Å². The van der Waals surface area contributed by atoms with Crippen molar-refractivity contribution in [3.8, 4) is 22.3 Å². The summed E-state index contributed by atoms with van der Waals surface area (Å²) >= 11 is 1.89. The lowest BCUT2D eigenvalue weighted by Gasteiger charge is -2.18. The Balaban J connectivity index is 1.12. The molecule has 0 aliphatic heterocycles. The zero-order valence-electron chi connectivity index (χ0n) is 27.4. The van der Waals surface area contributed by atoms with Crippen LogP contribution in [-0.4, -0.2) is 0 Å². The molecule has 0 fully saturated rings. The monoisotopic (exact) mass is 652 g/mol. The molecule has 0 radical (unpaired) electrons. The third-order valence-electron chi connectivity index (χ3n) is 10.3. The van der Waals surface area contributed by atoms with Crippen LogP contribution in [0, 0.1) is 0 Å². The number of rotatable bonds is 4. The van der Waals surface area contributed by atoms with Crippen molar-refractivity contribution in [2.45, 2.75) is 5.92 Å². The fourth-order valence-corrected chi connectivity index (χ4v) is 9.22. The fraction of sp³-hybridized carbons (Fsp3) is 0.0204. The van der Waals surface area contributed by atoms with Gasteiger partial charge in [0.25, 0.3) is 0 Å². The highest BCUT2D eigenvalue weighted by Gasteiger charge is 2.19. The van der Waals surface area contributed by atoms with Gasteiger partial charge in [-0.3, -0.25) is 0 Å². The van der Waals surface area contributed by atoms with Crippen LogP contribution in [0.1, 0.15) is 17.0 Å². The van der Waals surface area contributed by atoms with E-state index >= 15 is 0 Å². The second-order valence-corrected chi connectivity index (χ2v) is 14.3. The second kappa shape index (κ2) is 11.8. The van der Waals surface area contributed by atoms with Gasteiger partial charge in [0.2, 0.25) is 0 Å². The summed E-state index contributed by atoms with van der Waals surface area (Å²) in [6.07, 6.45) is 11.5. The Morgan fingerprint density at radius 1 is 0.440 bits per heavy atom. The first-order valence-corrected chi connectivity index (χ1v) is 18.1. The molecular formula is C49H32S. The lowest BCUT2D eigenvalue weighted by molar-refractivity contribution is 1.09. The Kier molecular flexibility index (Phi) is 6.85. The van der Waals surface area contributed by atoms with Crippen molar-refractivity contribution in [3.05, 3.63) is 199 Å². The summed E-state index contributed by atoms with van der Waals surface area (Å²) in [4.78, 5) is 0. The predicted molar refractivity (Wildman–Crippen MR) is 218 cm³/mol. The molecule has 1 aliphatic rings. The average molecular weight is 653 g/mol. The summed E-state index contributed by atoms with van der Waals surface area (Å²) < 4.78 is 2.68. The summed E-state index contributed by atoms with van der Waals surface area (Å²) in [5, 5.41) is 10.3. The molecule has 0 spiro atoms. The van der Waals surface area contributed by atoms with Crippen LogP contribution >= 0.6 is 11.3 Å². The van der Waals surface area contributed by atoms with E-state index < -0.39 is 0 Å². The zero-order chi connectivity index (χ0) is 33.0. The van der Waals surface area contributed by atoms with E-state index in [1.54, 1.807) is 0 Å². The van der Waals surface area contributed by atoms with Gasteiger partial charge in [0, 0.05) is 26.1 Å². The van der Waals surface area contributed by atoms with Crippen LogP contribution in [0.2, 0.25) is 0 Å². The summed E-state index contributed by atoms with van der Waals surface area (Å²) in [7, 11) is 0. The highest BCUT2D eigenvalue weighted by Crippen LogP contribution is 2.45. The highest BCUT2D eigenvalue weighted by atomic mass is 32.1. The maximum absolute atomic E-state index is 2.40. The van der Waals surface area contributed by atoms with E-state index in [1.165, 1.54) is 91.4 Å². The quantitative estimate of drug-likeness (QED) is 0.166. The third-order valence-corrected chi connectivity index (χ3v) is 11.5. The lowest BCUT2D eigenvalue weighted by atomic mass is 9.85. The maximum atomic E-state index is 2.40. The Morgan fingerprint density at radius 3 is 1.88 bits per heavy atom. The first-order chi connectivity index (χ1) is 24.8. The minimum atomic E-state index is 0.207. The van der Waals surface area contributed by atoms with E-state index in [0.29, 0.717) is 0 Å². The Hall–Kier alpha value is -6.02. The topological polar surface area (TPSA) is 0 Å². The van der Waals surface area contributed by atoms with Crippen LogP contribution in [0.25, 0.3) is 80.3 Å². The molecule has 10 rings (SSSR count). The third kappa shape index (κ3) is 4.74. The van der Waals surface area contributed by atoms with Crippen LogP contribution in [0.5, 0.6) is 0 Å². The van der Waals surface area contributed by atoms with Gasteiger partial charge in [-0.2, -0.15) is 0 Å². The standard InChI is InChI=1S/C49H32S/c1-2-13-35-30-36(29-27-32(35)12-1)33-14-9-15-34(28-26-33)47-41-19-3-5-21-43(41)48(44-22-6-4-20-42(44)47)38-17-10-16-37(31-38)39-23-11-24-45-40-18-7-8-25-46(40)50-49(39)45/h1-31,33H. The largest absolute Gasteiger partial charge is 0.135 e. The molecule has 50 heavy (non-hydrogen) atoms. The first kappa shape index (κ1) is 28.9. The number of fused-ring (bicyclic) bond motifs is 6. The van der Waals surface area contributed by atoms with Gasteiger partial charge >= 0.3 is 0 Å². The van der Waals surface area contributed by atoms with Gasteiger partial charge < -0.3 is 0 Å². The van der Waals surface area contributed by atoms with Crippen molar-refractivity contribution in [3.63, 3.8) is 0 Å².